The highest BCUT2D eigenvalue weighted by Gasteiger charge is 2.34. The molecule has 0 unspecified atom stereocenters. The second-order valence-electron chi connectivity index (χ2n) is 8.69. The SMILES string of the molecule is CCOc1ccc(C(=O)N2CC(=O)N(Cc3cccc(OC)c3)[C@@H](CCc3ccccc3)C2)cc1. The molecule has 1 atom stereocenters. The van der Waals surface area contributed by atoms with E-state index < -0.39 is 0 Å². The molecule has 3 aromatic rings. The summed E-state index contributed by atoms with van der Waals surface area (Å²) in [4.78, 5) is 30.2. The number of methoxy groups -OCH3 is 1. The van der Waals surface area contributed by atoms with Crippen molar-refractivity contribution in [2.24, 2.45) is 0 Å². The average Bonchev–Trinajstić information content (AvgIpc) is 2.90. The Hall–Kier alpha value is -3.80. The van der Waals surface area contributed by atoms with Crippen molar-refractivity contribution in [3.8, 4) is 11.5 Å². The minimum atomic E-state index is -0.132. The smallest absolute Gasteiger partial charge is 0.254 e. The van der Waals surface area contributed by atoms with Crippen LogP contribution in [0.3, 0.4) is 0 Å². The van der Waals surface area contributed by atoms with E-state index in [1.165, 1.54) is 5.56 Å². The molecule has 0 spiro atoms. The summed E-state index contributed by atoms with van der Waals surface area (Å²) >= 11 is 0. The molecule has 6 nitrogen and oxygen atoms in total. The number of ether oxygens (including phenoxy) is 2. The van der Waals surface area contributed by atoms with Crippen LogP contribution in [0.5, 0.6) is 11.5 Å². The zero-order chi connectivity index (χ0) is 24.6. The van der Waals surface area contributed by atoms with E-state index in [0.29, 0.717) is 25.3 Å². The van der Waals surface area contributed by atoms with E-state index in [1.807, 2.05) is 54.3 Å². The molecule has 0 aliphatic carbocycles. The van der Waals surface area contributed by atoms with Gasteiger partial charge in [-0.3, -0.25) is 9.59 Å². The van der Waals surface area contributed by atoms with Crippen molar-refractivity contribution < 1.29 is 19.1 Å². The molecule has 35 heavy (non-hydrogen) atoms. The molecule has 4 rings (SSSR count). The molecule has 0 bridgehead atoms. The first-order chi connectivity index (χ1) is 17.1. The number of aryl methyl sites for hydroxylation is 1. The highest BCUT2D eigenvalue weighted by Crippen LogP contribution is 2.23. The molecule has 1 aliphatic heterocycles. The van der Waals surface area contributed by atoms with Gasteiger partial charge in [-0.25, -0.2) is 0 Å². The van der Waals surface area contributed by atoms with Crippen LogP contribution in [0, 0.1) is 0 Å². The molecule has 1 aliphatic rings. The first-order valence-corrected chi connectivity index (χ1v) is 12.1. The largest absolute Gasteiger partial charge is 0.497 e. The topological polar surface area (TPSA) is 59.1 Å². The van der Waals surface area contributed by atoms with E-state index in [0.717, 1.165) is 29.9 Å². The molecule has 1 heterocycles. The maximum Gasteiger partial charge on any atom is 0.254 e. The number of rotatable bonds is 9. The van der Waals surface area contributed by atoms with E-state index in [-0.39, 0.29) is 24.4 Å². The Kier molecular flexibility index (Phi) is 8.03. The van der Waals surface area contributed by atoms with Gasteiger partial charge < -0.3 is 19.3 Å². The monoisotopic (exact) mass is 472 g/mol. The lowest BCUT2D eigenvalue weighted by molar-refractivity contribution is -0.139. The van der Waals surface area contributed by atoms with Crippen LogP contribution in [-0.2, 0) is 17.8 Å². The fourth-order valence-corrected chi connectivity index (χ4v) is 4.48. The maximum atomic E-state index is 13.3. The third-order valence-electron chi connectivity index (χ3n) is 6.31. The fraction of sp³-hybridized carbons (Fsp3) is 0.310. The Labute approximate surface area is 207 Å². The summed E-state index contributed by atoms with van der Waals surface area (Å²) in [7, 11) is 1.64. The number of piperazine rings is 1. The van der Waals surface area contributed by atoms with Gasteiger partial charge in [0.1, 0.15) is 18.0 Å². The normalized spacial score (nSPS) is 15.7. The molecule has 1 saturated heterocycles. The number of nitrogens with zero attached hydrogens (tertiary/aromatic N) is 2. The number of amides is 2. The van der Waals surface area contributed by atoms with Crippen molar-refractivity contribution >= 4 is 11.8 Å². The Bertz CT molecular complexity index is 1130. The Morgan fingerprint density at radius 2 is 1.69 bits per heavy atom. The van der Waals surface area contributed by atoms with E-state index in [1.54, 1.807) is 36.3 Å². The van der Waals surface area contributed by atoms with Gasteiger partial charge in [0.2, 0.25) is 5.91 Å². The van der Waals surface area contributed by atoms with Crippen molar-refractivity contribution in [3.63, 3.8) is 0 Å². The van der Waals surface area contributed by atoms with Crippen molar-refractivity contribution in [2.75, 3.05) is 26.8 Å². The average molecular weight is 473 g/mol. The van der Waals surface area contributed by atoms with Gasteiger partial charge >= 0.3 is 0 Å². The van der Waals surface area contributed by atoms with E-state index in [4.69, 9.17) is 9.47 Å². The van der Waals surface area contributed by atoms with Crippen LogP contribution < -0.4 is 9.47 Å². The number of carbonyl (C=O) groups excluding carboxylic acids is 2. The Balaban J connectivity index is 1.52. The summed E-state index contributed by atoms with van der Waals surface area (Å²) in [5.41, 5.74) is 2.79. The molecule has 1 fully saturated rings. The minimum Gasteiger partial charge on any atom is -0.497 e. The van der Waals surface area contributed by atoms with Crippen molar-refractivity contribution in [2.45, 2.75) is 32.4 Å². The van der Waals surface area contributed by atoms with Gasteiger partial charge in [-0.05, 0) is 67.3 Å². The van der Waals surface area contributed by atoms with Crippen LogP contribution in [0.25, 0.3) is 0 Å². The van der Waals surface area contributed by atoms with Crippen molar-refractivity contribution in [1.82, 2.24) is 9.80 Å². The van der Waals surface area contributed by atoms with Crippen LogP contribution in [0.4, 0.5) is 0 Å². The molecule has 0 aromatic heterocycles. The molecular weight excluding hydrogens is 440 g/mol. The lowest BCUT2D eigenvalue weighted by Crippen LogP contribution is -2.57. The molecule has 2 amide bonds. The number of hydrogen-bond acceptors (Lipinski definition) is 4. The fourth-order valence-electron chi connectivity index (χ4n) is 4.48. The number of hydrogen-bond donors (Lipinski definition) is 0. The van der Waals surface area contributed by atoms with Crippen LogP contribution in [0.15, 0.2) is 78.9 Å². The number of benzene rings is 3. The van der Waals surface area contributed by atoms with E-state index in [2.05, 4.69) is 12.1 Å². The maximum absolute atomic E-state index is 13.3. The summed E-state index contributed by atoms with van der Waals surface area (Å²) in [5.74, 6) is 1.31. The first-order valence-electron chi connectivity index (χ1n) is 12.1. The lowest BCUT2D eigenvalue weighted by atomic mass is 10.00. The Morgan fingerprint density at radius 1 is 0.943 bits per heavy atom. The molecule has 6 heteroatoms. The standard InChI is InChI=1S/C29H32N2O4/c1-3-35-26-16-13-24(14-17-26)29(33)30-20-25(15-12-22-8-5-4-6-9-22)31(28(32)21-30)19-23-10-7-11-27(18-23)34-2/h4-11,13-14,16-18,25H,3,12,15,19-21H2,1-2H3/t25-/m0/s1. The van der Waals surface area contributed by atoms with Gasteiger partial charge in [0.05, 0.1) is 19.8 Å². The summed E-state index contributed by atoms with van der Waals surface area (Å²) < 4.78 is 10.8. The third kappa shape index (κ3) is 6.21. The first kappa shape index (κ1) is 24.3. The summed E-state index contributed by atoms with van der Waals surface area (Å²) in [5, 5.41) is 0. The van der Waals surface area contributed by atoms with Crippen molar-refractivity contribution in [1.29, 1.82) is 0 Å². The van der Waals surface area contributed by atoms with Crippen LogP contribution in [-0.4, -0.2) is 54.5 Å². The molecular formula is C29H32N2O4. The van der Waals surface area contributed by atoms with Gasteiger partial charge in [-0.2, -0.15) is 0 Å². The summed E-state index contributed by atoms with van der Waals surface area (Å²) in [6, 6.07) is 25.1. The number of carbonyl (C=O) groups is 2. The molecule has 0 N–H and O–H groups in total. The van der Waals surface area contributed by atoms with Crippen LogP contribution >= 0.6 is 0 Å². The minimum absolute atomic E-state index is 0.0450. The quantitative estimate of drug-likeness (QED) is 0.457. The summed E-state index contributed by atoms with van der Waals surface area (Å²) in [6.07, 6.45) is 1.60. The van der Waals surface area contributed by atoms with Gasteiger partial charge in [0.25, 0.3) is 5.91 Å². The van der Waals surface area contributed by atoms with Gasteiger partial charge in [-0.15, -0.1) is 0 Å². The predicted octanol–water partition coefficient (Wildman–Crippen LogP) is 4.58. The lowest BCUT2D eigenvalue weighted by Gasteiger charge is -2.41. The van der Waals surface area contributed by atoms with Gasteiger partial charge in [-0.1, -0.05) is 42.5 Å². The zero-order valence-corrected chi connectivity index (χ0v) is 20.4. The van der Waals surface area contributed by atoms with Crippen LogP contribution in [0.1, 0.15) is 34.8 Å². The highest BCUT2D eigenvalue weighted by molar-refractivity contribution is 5.97. The van der Waals surface area contributed by atoms with Crippen molar-refractivity contribution in [3.05, 3.63) is 95.6 Å². The van der Waals surface area contributed by atoms with E-state index >= 15 is 0 Å². The molecule has 0 radical (unpaired) electrons. The van der Waals surface area contributed by atoms with Crippen LogP contribution in [0.2, 0.25) is 0 Å². The second kappa shape index (κ2) is 11.6. The van der Waals surface area contributed by atoms with Gasteiger partial charge in [0, 0.05) is 18.7 Å². The zero-order valence-electron chi connectivity index (χ0n) is 20.4. The van der Waals surface area contributed by atoms with Gasteiger partial charge in [0.15, 0.2) is 0 Å². The molecule has 182 valence electrons. The summed E-state index contributed by atoms with van der Waals surface area (Å²) in [6.45, 7) is 3.54. The Morgan fingerprint density at radius 3 is 2.40 bits per heavy atom. The third-order valence-corrected chi connectivity index (χ3v) is 6.31. The molecule has 0 saturated carbocycles. The highest BCUT2D eigenvalue weighted by atomic mass is 16.5. The van der Waals surface area contributed by atoms with E-state index in [9.17, 15) is 9.59 Å². The predicted molar refractivity (Wildman–Crippen MR) is 136 cm³/mol. The molecule has 3 aromatic carbocycles. The second-order valence-corrected chi connectivity index (χ2v) is 8.69.